The van der Waals surface area contributed by atoms with Crippen LogP contribution in [0, 0.1) is 12.7 Å². The average molecular weight is 524 g/mol. The lowest BCUT2D eigenvalue weighted by atomic mass is 9.98. The van der Waals surface area contributed by atoms with Crippen LogP contribution >= 0.6 is 0 Å². The molecular weight excluding hydrogens is 489 g/mol. The Balaban J connectivity index is 1.88. The van der Waals surface area contributed by atoms with Crippen LogP contribution < -0.4 is 17.1 Å². The van der Waals surface area contributed by atoms with Crippen LogP contribution in [-0.2, 0) is 29.2 Å². The van der Waals surface area contributed by atoms with Gasteiger partial charge >= 0.3 is 0 Å². The lowest BCUT2D eigenvalue weighted by Crippen LogP contribution is -2.28. The number of hydrazine groups is 1. The molecule has 1 aliphatic heterocycles. The Morgan fingerprint density at radius 2 is 2.08 bits per heavy atom. The minimum absolute atomic E-state index is 0.0684. The summed E-state index contributed by atoms with van der Waals surface area (Å²) in [7, 11) is 1.43. The van der Waals surface area contributed by atoms with Gasteiger partial charge in [-0.15, -0.1) is 0 Å². The Morgan fingerprint density at radius 3 is 2.76 bits per heavy atom. The van der Waals surface area contributed by atoms with Gasteiger partial charge in [-0.1, -0.05) is 19.8 Å². The van der Waals surface area contributed by atoms with Gasteiger partial charge in [0.1, 0.15) is 11.9 Å². The molecular formula is C28H34FN5O4. The second kappa shape index (κ2) is 11.4. The maximum atomic E-state index is 14.6. The fourth-order valence-electron chi connectivity index (χ4n) is 4.99. The maximum absolute atomic E-state index is 14.6. The van der Waals surface area contributed by atoms with Crippen molar-refractivity contribution in [2.75, 3.05) is 7.11 Å². The van der Waals surface area contributed by atoms with E-state index in [4.69, 9.17) is 21.3 Å². The van der Waals surface area contributed by atoms with Crippen molar-refractivity contribution in [3.8, 4) is 11.4 Å². The van der Waals surface area contributed by atoms with Crippen LogP contribution in [0.1, 0.15) is 66.5 Å². The van der Waals surface area contributed by atoms with Gasteiger partial charge in [-0.3, -0.25) is 4.79 Å². The molecule has 0 saturated carbocycles. The SMILES string of the molecule is CCCCC/C(N)=C/N(N)Cc1c2c(nc3cc(F)c(C)cc13)-c1cc(C(O)C=O)c(COC)c(=O)n1C2. The molecule has 0 saturated heterocycles. The molecule has 9 nitrogen and oxygen atoms in total. The molecule has 0 fully saturated rings. The zero-order valence-corrected chi connectivity index (χ0v) is 22.0. The van der Waals surface area contributed by atoms with Gasteiger partial charge in [0.2, 0.25) is 0 Å². The highest BCUT2D eigenvalue weighted by Crippen LogP contribution is 2.37. The number of unbranched alkanes of at least 4 members (excludes halogenated alkanes) is 2. The Hall–Kier alpha value is -3.60. The number of hydrogen-bond acceptors (Lipinski definition) is 8. The number of benzene rings is 1. The number of nitrogens with zero attached hydrogens (tertiary/aromatic N) is 3. The summed E-state index contributed by atoms with van der Waals surface area (Å²) in [6.07, 6.45) is 4.42. The highest BCUT2D eigenvalue weighted by molar-refractivity contribution is 5.88. The first-order chi connectivity index (χ1) is 18.2. The number of pyridine rings is 2. The van der Waals surface area contributed by atoms with Gasteiger partial charge in [0, 0.05) is 47.1 Å². The number of carbonyl (C=O) groups is 1. The number of methoxy groups -OCH3 is 1. The summed E-state index contributed by atoms with van der Waals surface area (Å²) in [6.45, 7) is 4.19. The Morgan fingerprint density at radius 1 is 1.32 bits per heavy atom. The third-order valence-electron chi connectivity index (χ3n) is 6.96. The lowest BCUT2D eigenvalue weighted by Gasteiger charge is -2.19. The summed E-state index contributed by atoms with van der Waals surface area (Å²) in [4.78, 5) is 29.6. The third-order valence-corrected chi connectivity index (χ3v) is 6.96. The number of nitrogens with two attached hydrogens (primary N) is 2. The van der Waals surface area contributed by atoms with E-state index in [-0.39, 0.29) is 36.4 Å². The largest absolute Gasteiger partial charge is 0.401 e. The lowest BCUT2D eigenvalue weighted by molar-refractivity contribution is -0.115. The third kappa shape index (κ3) is 5.20. The van der Waals surface area contributed by atoms with Gasteiger partial charge < -0.3 is 29.9 Å². The number of aldehydes is 1. The molecule has 0 spiro atoms. The first kappa shape index (κ1) is 27.4. The number of aromatic nitrogens is 2. The molecule has 38 heavy (non-hydrogen) atoms. The van der Waals surface area contributed by atoms with Crippen LogP contribution in [0.25, 0.3) is 22.3 Å². The van der Waals surface area contributed by atoms with E-state index < -0.39 is 11.9 Å². The number of halogens is 1. The topological polar surface area (TPSA) is 137 Å². The summed E-state index contributed by atoms with van der Waals surface area (Å²) in [5, 5.41) is 12.6. The van der Waals surface area contributed by atoms with E-state index in [2.05, 4.69) is 6.92 Å². The predicted molar refractivity (Wildman–Crippen MR) is 143 cm³/mol. The van der Waals surface area contributed by atoms with E-state index >= 15 is 0 Å². The van der Waals surface area contributed by atoms with Gasteiger partial charge in [0.05, 0.1) is 36.6 Å². The molecule has 1 aromatic carbocycles. The average Bonchev–Trinajstić information content (AvgIpc) is 3.25. The number of fused-ring (bicyclic) bond motifs is 4. The van der Waals surface area contributed by atoms with E-state index in [0.717, 1.165) is 42.2 Å². The van der Waals surface area contributed by atoms with Crippen LogP contribution in [0.5, 0.6) is 0 Å². The van der Waals surface area contributed by atoms with Gasteiger partial charge in [0.25, 0.3) is 5.56 Å². The molecule has 3 heterocycles. The predicted octanol–water partition coefficient (Wildman–Crippen LogP) is 3.31. The summed E-state index contributed by atoms with van der Waals surface area (Å²) in [5.74, 6) is 5.97. The van der Waals surface area contributed by atoms with Crippen LogP contribution in [0.4, 0.5) is 4.39 Å². The monoisotopic (exact) mass is 523 g/mol. The first-order valence-electron chi connectivity index (χ1n) is 12.7. The van der Waals surface area contributed by atoms with Gasteiger partial charge in [-0.25, -0.2) is 15.2 Å². The van der Waals surface area contributed by atoms with Crippen LogP contribution in [0.3, 0.4) is 0 Å². The number of rotatable bonds is 11. The van der Waals surface area contributed by atoms with E-state index in [1.54, 1.807) is 25.3 Å². The minimum atomic E-state index is -1.50. The molecule has 2 aromatic heterocycles. The van der Waals surface area contributed by atoms with E-state index in [0.29, 0.717) is 34.5 Å². The minimum Gasteiger partial charge on any atom is -0.401 e. The Bertz CT molecular complexity index is 1470. The van der Waals surface area contributed by atoms with Crippen molar-refractivity contribution in [3.63, 3.8) is 0 Å². The maximum Gasteiger partial charge on any atom is 0.257 e. The number of carbonyl (C=O) groups excluding carboxylic acids is 1. The Labute approximate surface area is 220 Å². The zero-order chi connectivity index (χ0) is 27.6. The molecule has 4 rings (SSSR count). The number of allylic oxidation sites excluding steroid dienone is 1. The highest BCUT2D eigenvalue weighted by Gasteiger charge is 2.30. The molecule has 3 aromatic rings. The number of aliphatic hydroxyl groups is 1. The Kier molecular flexibility index (Phi) is 8.25. The number of aryl methyl sites for hydroxylation is 1. The molecule has 0 aliphatic carbocycles. The first-order valence-corrected chi connectivity index (χ1v) is 12.7. The van der Waals surface area contributed by atoms with Crippen molar-refractivity contribution in [2.45, 2.75) is 65.3 Å². The second-order valence-electron chi connectivity index (χ2n) is 9.74. The molecule has 202 valence electrons. The molecule has 1 atom stereocenters. The van der Waals surface area contributed by atoms with Crippen molar-refractivity contribution in [1.29, 1.82) is 0 Å². The second-order valence-corrected chi connectivity index (χ2v) is 9.74. The van der Waals surface area contributed by atoms with Crippen LogP contribution in [-0.4, -0.2) is 33.1 Å². The molecule has 0 amide bonds. The van der Waals surface area contributed by atoms with Crippen molar-refractivity contribution in [1.82, 2.24) is 14.6 Å². The summed E-state index contributed by atoms with van der Waals surface area (Å²) in [5.41, 5.74) is 10.2. The standard InChI is InChI=1S/C28H34FN5O4/c1-4-5-6-7-17(30)11-33(31)12-20-18-8-16(2)23(29)10-24(18)32-27-21(20)13-34-25(27)9-19(26(36)14-35)22(15-38-3)28(34)37/h8-11,14,26,36H,4-7,12-13,15,30-31H2,1-3H3/b17-11-. The summed E-state index contributed by atoms with van der Waals surface area (Å²) < 4.78 is 21.3. The molecule has 1 unspecified atom stereocenters. The summed E-state index contributed by atoms with van der Waals surface area (Å²) >= 11 is 0. The molecule has 5 N–H and O–H groups in total. The fraction of sp³-hybridized carbons (Fsp3) is 0.393. The van der Waals surface area contributed by atoms with E-state index in [1.807, 2.05) is 0 Å². The number of ether oxygens (including phenoxy) is 1. The van der Waals surface area contributed by atoms with Crippen molar-refractivity contribution >= 4 is 17.2 Å². The van der Waals surface area contributed by atoms with Crippen LogP contribution in [0.15, 0.2) is 34.9 Å². The number of aliphatic hydroxyl groups excluding tert-OH is 1. The molecule has 1 aliphatic rings. The van der Waals surface area contributed by atoms with Gasteiger partial charge in [0.15, 0.2) is 6.29 Å². The van der Waals surface area contributed by atoms with Crippen molar-refractivity contribution in [3.05, 3.63) is 74.1 Å². The van der Waals surface area contributed by atoms with Gasteiger partial charge in [-0.05, 0) is 43.0 Å². The molecule has 0 radical (unpaired) electrons. The number of hydrogen-bond donors (Lipinski definition) is 3. The van der Waals surface area contributed by atoms with Gasteiger partial charge in [-0.2, -0.15) is 0 Å². The van der Waals surface area contributed by atoms with E-state index in [9.17, 15) is 19.1 Å². The zero-order valence-electron chi connectivity index (χ0n) is 22.0. The van der Waals surface area contributed by atoms with E-state index in [1.165, 1.54) is 22.8 Å². The van der Waals surface area contributed by atoms with Crippen molar-refractivity contribution < 1.29 is 19.0 Å². The smallest absolute Gasteiger partial charge is 0.257 e. The quantitative estimate of drug-likeness (QED) is 0.118. The molecule has 0 bridgehead atoms. The van der Waals surface area contributed by atoms with Crippen LogP contribution in [0.2, 0.25) is 0 Å². The summed E-state index contributed by atoms with van der Waals surface area (Å²) in [6, 6.07) is 4.68. The molecule has 10 heteroatoms. The normalized spacial score (nSPS) is 13.5. The highest BCUT2D eigenvalue weighted by atomic mass is 19.1. The van der Waals surface area contributed by atoms with Crippen molar-refractivity contribution in [2.24, 2.45) is 11.6 Å². The fourth-order valence-corrected chi connectivity index (χ4v) is 4.99.